The normalized spacial score (nSPS) is 11.5. The van der Waals surface area contributed by atoms with Crippen LogP contribution in [0.1, 0.15) is 5.69 Å². The lowest BCUT2D eigenvalue weighted by Crippen LogP contribution is -2.13. The molecule has 1 heterocycles. The Hall–Kier alpha value is -1.98. The number of rotatable bonds is 2. The number of halogens is 3. The molecule has 17 heavy (non-hydrogen) atoms. The van der Waals surface area contributed by atoms with Crippen molar-refractivity contribution in [3.63, 3.8) is 0 Å². The average Bonchev–Trinajstić information content (AvgIpc) is 2.77. The van der Waals surface area contributed by atoms with Gasteiger partial charge in [0.25, 0.3) is 0 Å². The monoisotopic (exact) mass is 242 g/mol. The minimum Gasteiger partial charge on any atom is -0.494 e. The van der Waals surface area contributed by atoms with Gasteiger partial charge < -0.3 is 4.74 Å². The molecular formula is C11H9F3N2O. The van der Waals surface area contributed by atoms with Crippen LogP contribution < -0.4 is 4.74 Å². The van der Waals surface area contributed by atoms with Crippen molar-refractivity contribution < 1.29 is 17.9 Å². The van der Waals surface area contributed by atoms with Gasteiger partial charge in [0.2, 0.25) is 0 Å². The van der Waals surface area contributed by atoms with Crippen molar-refractivity contribution in [1.82, 2.24) is 9.78 Å². The molecule has 0 saturated heterocycles. The molecule has 2 aromatic rings. The molecule has 0 aliphatic carbocycles. The Labute approximate surface area is 95.4 Å². The second-order valence-corrected chi connectivity index (χ2v) is 3.30. The Morgan fingerprint density at radius 3 is 2.53 bits per heavy atom. The van der Waals surface area contributed by atoms with Crippen molar-refractivity contribution in [1.29, 1.82) is 0 Å². The molecule has 0 spiro atoms. The minimum atomic E-state index is -4.45. The molecule has 90 valence electrons. The fourth-order valence-electron chi connectivity index (χ4n) is 1.51. The summed E-state index contributed by atoms with van der Waals surface area (Å²) in [6, 6.07) is 7.32. The van der Waals surface area contributed by atoms with Crippen molar-refractivity contribution in [2.45, 2.75) is 6.18 Å². The molecule has 2 rings (SSSR count). The summed E-state index contributed by atoms with van der Waals surface area (Å²) in [7, 11) is 1.40. The number of hydrogen-bond acceptors (Lipinski definition) is 2. The summed E-state index contributed by atoms with van der Waals surface area (Å²) in [4.78, 5) is 0. The highest BCUT2D eigenvalue weighted by Gasteiger charge is 2.35. The minimum absolute atomic E-state index is 0.257. The Morgan fingerprint density at radius 2 is 1.88 bits per heavy atom. The van der Waals surface area contributed by atoms with Crippen LogP contribution in [-0.2, 0) is 6.18 Å². The zero-order valence-corrected chi connectivity index (χ0v) is 8.90. The number of benzene rings is 1. The molecular weight excluding hydrogens is 233 g/mol. The van der Waals surface area contributed by atoms with Crippen LogP contribution >= 0.6 is 0 Å². The summed E-state index contributed by atoms with van der Waals surface area (Å²) in [6.45, 7) is 0. The third kappa shape index (κ3) is 2.11. The summed E-state index contributed by atoms with van der Waals surface area (Å²) in [5, 5.41) is 3.68. The summed E-state index contributed by atoms with van der Waals surface area (Å²) in [5.74, 6) is 0.335. The standard InChI is InChI=1S/C11H9F3N2O/c1-17-9-5-3-2-4-8(9)16-10(6-7-15-16)11(12,13)14/h2-7H,1H3. The molecule has 6 heteroatoms. The molecule has 0 bridgehead atoms. The molecule has 0 radical (unpaired) electrons. The molecule has 0 unspecified atom stereocenters. The first-order valence-electron chi connectivity index (χ1n) is 4.78. The molecule has 0 amide bonds. The Bertz CT molecular complexity index is 519. The number of ether oxygens (including phenoxy) is 1. The van der Waals surface area contributed by atoms with E-state index in [9.17, 15) is 13.2 Å². The lowest BCUT2D eigenvalue weighted by molar-refractivity contribution is -0.142. The third-order valence-corrected chi connectivity index (χ3v) is 2.25. The summed E-state index contributed by atoms with van der Waals surface area (Å²) < 4.78 is 43.9. The first kappa shape index (κ1) is 11.5. The third-order valence-electron chi connectivity index (χ3n) is 2.25. The van der Waals surface area contributed by atoms with Crippen LogP contribution in [0.15, 0.2) is 36.5 Å². The molecule has 0 saturated carbocycles. The van der Waals surface area contributed by atoms with Crippen LogP contribution in [0.5, 0.6) is 5.75 Å². The van der Waals surface area contributed by atoms with Crippen molar-refractivity contribution in [2.24, 2.45) is 0 Å². The number of nitrogens with zero attached hydrogens (tertiary/aromatic N) is 2. The lowest BCUT2D eigenvalue weighted by atomic mass is 10.3. The van der Waals surface area contributed by atoms with E-state index in [1.54, 1.807) is 18.2 Å². The van der Waals surface area contributed by atoms with Crippen LogP contribution in [0.3, 0.4) is 0 Å². The smallest absolute Gasteiger partial charge is 0.433 e. The van der Waals surface area contributed by atoms with E-state index in [2.05, 4.69) is 5.10 Å². The molecule has 1 aromatic heterocycles. The molecule has 0 fully saturated rings. The van der Waals surface area contributed by atoms with Crippen LogP contribution in [0.25, 0.3) is 5.69 Å². The summed E-state index contributed by atoms with van der Waals surface area (Å²) in [6.07, 6.45) is -3.34. The number of alkyl halides is 3. The van der Waals surface area contributed by atoms with Gasteiger partial charge in [0.1, 0.15) is 17.1 Å². The van der Waals surface area contributed by atoms with Crippen molar-refractivity contribution in [2.75, 3.05) is 7.11 Å². The number of aromatic nitrogens is 2. The predicted octanol–water partition coefficient (Wildman–Crippen LogP) is 2.90. The van der Waals surface area contributed by atoms with Gasteiger partial charge in [0, 0.05) is 0 Å². The van der Waals surface area contributed by atoms with Crippen molar-refractivity contribution in [3.8, 4) is 11.4 Å². The van der Waals surface area contributed by atoms with E-state index in [0.717, 1.165) is 16.9 Å². The number of methoxy groups -OCH3 is 1. The molecule has 1 aromatic carbocycles. The number of para-hydroxylation sites is 2. The fourth-order valence-corrected chi connectivity index (χ4v) is 1.51. The maximum Gasteiger partial charge on any atom is 0.433 e. The van der Waals surface area contributed by atoms with E-state index in [-0.39, 0.29) is 5.69 Å². The van der Waals surface area contributed by atoms with Crippen LogP contribution in [0, 0.1) is 0 Å². The Kier molecular flexibility index (Phi) is 2.79. The average molecular weight is 242 g/mol. The zero-order valence-electron chi connectivity index (χ0n) is 8.90. The largest absolute Gasteiger partial charge is 0.494 e. The fraction of sp³-hybridized carbons (Fsp3) is 0.182. The second kappa shape index (κ2) is 4.12. The quantitative estimate of drug-likeness (QED) is 0.809. The first-order chi connectivity index (χ1) is 8.04. The molecule has 0 N–H and O–H groups in total. The highest BCUT2D eigenvalue weighted by Crippen LogP contribution is 2.32. The lowest BCUT2D eigenvalue weighted by Gasteiger charge is -2.12. The van der Waals surface area contributed by atoms with Crippen LogP contribution in [-0.4, -0.2) is 16.9 Å². The van der Waals surface area contributed by atoms with Gasteiger partial charge in [-0.25, -0.2) is 4.68 Å². The van der Waals surface area contributed by atoms with E-state index < -0.39 is 11.9 Å². The van der Waals surface area contributed by atoms with Gasteiger partial charge in [-0.3, -0.25) is 0 Å². The van der Waals surface area contributed by atoms with E-state index >= 15 is 0 Å². The van der Waals surface area contributed by atoms with E-state index in [0.29, 0.717) is 5.75 Å². The maximum absolute atomic E-state index is 12.7. The van der Waals surface area contributed by atoms with Gasteiger partial charge in [0.15, 0.2) is 0 Å². The molecule has 3 nitrogen and oxygen atoms in total. The first-order valence-corrected chi connectivity index (χ1v) is 4.78. The van der Waals surface area contributed by atoms with Crippen LogP contribution in [0.2, 0.25) is 0 Å². The maximum atomic E-state index is 12.7. The highest BCUT2D eigenvalue weighted by molar-refractivity contribution is 5.47. The van der Waals surface area contributed by atoms with Crippen LogP contribution in [0.4, 0.5) is 13.2 Å². The van der Waals surface area contributed by atoms with Crippen molar-refractivity contribution in [3.05, 3.63) is 42.2 Å². The SMILES string of the molecule is COc1ccccc1-n1nccc1C(F)(F)F. The van der Waals surface area contributed by atoms with Gasteiger partial charge in [-0.05, 0) is 18.2 Å². The van der Waals surface area contributed by atoms with Gasteiger partial charge in [-0.15, -0.1) is 0 Å². The molecule has 0 aliphatic rings. The van der Waals surface area contributed by atoms with E-state index in [1.165, 1.54) is 13.2 Å². The van der Waals surface area contributed by atoms with Gasteiger partial charge in [0.05, 0.1) is 13.3 Å². The highest BCUT2D eigenvalue weighted by atomic mass is 19.4. The van der Waals surface area contributed by atoms with E-state index in [4.69, 9.17) is 4.74 Å². The van der Waals surface area contributed by atoms with Crippen molar-refractivity contribution >= 4 is 0 Å². The summed E-state index contributed by atoms with van der Waals surface area (Å²) in [5.41, 5.74) is -0.575. The predicted molar refractivity (Wildman–Crippen MR) is 55.1 cm³/mol. The van der Waals surface area contributed by atoms with E-state index in [1.807, 2.05) is 0 Å². The number of hydrogen-bond donors (Lipinski definition) is 0. The molecule has 0 atom stereocenters. The van der Waals surface area contributed by atoms with Gasteiger partial charge in [-0.2, -0.15) is 18.3 Å². The molecule has 0 aliphatic heterocycles. The Morgan fingerprint density at radius 1 is 1.18 bits per heavy atom. The topological polar surface area (TPSA) is 27.1 Å². The van der Waals surface area contributed by atoms with Gasteiger partial charge >= 0.3 is 6.18 Å². The van der Waals surface area contributed by atoms with Gasteiger partial charge in [-0.1, -0.05) is 12.1 Å². The second-order valence-electron chi connectivity index (χ2n) is 3.30. The Balaban J connectivity index is 2.58. The zero-order chi connectivity index (χ0) is 12.5. The summed E-state index contributed by atoms with van der Waals surface area (Å²) >= 11 is 0.